The number of benzene rings is 1. The zero-order chi connectivity index (χ0) is 17.4. The molecule has 2 fully saturated rings. The second-order valence-corrected chi connectivity index (χ2v) is 6.92. The summed E-state index contributed by atoms with van der Waals surface area (Å²) < 4.78 is 39.0. The lowest BCUT2D eigenvalue weighted by molar-refractivity contribution is -0.138. The van der Waals surface area contributed by atoms with Crippen LogP contribution in [-0.2, 0) is 20.6 Å². The number of imide groups is 1. The van der Waals surface area contributed by atoms with E-state index in [1.807, 2.05) is 0 Å². The Bertz CT molecular complexity index is 798. The average molecular weight is 400 g/mol. The number of rotatable bonds is 1. The van der Waals surface area contributed by atoms with Crippen molar-refractivity contribution < 1.29 is 27.6 Å². The zero-order valence-corrected chi connectivity index (χ0v) is 13.5. The number of nitrogens with zero attached hydrogens (tertiary/aromatic N) is 1. The number of ketones is 1. The van der Waals surface area contributed by atoms with Crippen molar-refractivity contribution in [2.24, 2.45) is 23.7 Å². The van der Waals surface area contributed by atoms with Crippen LogP contribution in [0.1, 0.15) is 5.56 Å². The molecule has 0 unspecified atom stereocenters. The molecular formula is C16H9BrF3NO3. The Morgan fingerprint density at radius 3 is 2.00 bits per heavy atom. The van der Waals surface area contributed by atoms with Gasteiger partial charge in [0.2, 0.25) is 11.8 Å². The first-order chi connectivity index (χ1) is 11.2. The molecule has 0 aromatic heterocycles. The van der Waals surface area contributed by atoms with Gasteiger partial charge in [0, 0.05) is 16.3 Å². The van der Waals surface area contributed by atoms with Gasteiger partial charge >= 0.3 is 6.18 Å². The second-order valence-electron chi connectivity index (χ2n) is 6.06. The monoisotopic (exact) mass is 399 g/mol. The van der Waals surface area contributed by atoms with E-state index in [0.29, 0.717) is 0 Å². The third-order valence-corrected chi connectivity index (χ3v) is 5.56. The molecule has 124 valence electrons. The van der Waals surface area contributed by atoms with Gasteiger partial charge < -0.3 is 0 Å². The largest absolute Gasteiger partial charge is 0.417 e. The van der Waals surface area contributed by atoms with E-state index in [1.165, 1.54) is 6.07 Å². The molecule has 2 aliphatic carbocycles. The number of fused-ring (bicyclic) bond motifs is 5. The highest BCUT2D eigenvalue weighted by molar-refractivity contribution is 9.10. The molecule has 24 heavy (non-hydrogen) atoms. The van der Waals surface area contributed by atoms with Crippen molar-refractivity contribution >= 4 is 39.2 Å². The average Bonchev–Trinajstić information content (AvgIpc) is 3.09. The van der Waals surface area contributed by atoms with Gasteiger partial charge in [-0.3, -0.25) is 14.4 Å². The number of carbonyl (C=O) groups is 3. The maximum atomic E-state index is 13.1. The van der Waals surface area contributed by atoms with E-state index in [2.05, 4.69) is 15.9 Å². The number of hydrogen-bond acceptors (Lipinski definition) is 3. The Hall–Kier alpha value is -1.96. The van der Waals surface area contributed by atoms with Crippen molar-refractivity contribution in [1.29, 1.82) is 0 Å². The smallest absolute Gasteiger partial charge is 0.298 e. The van der Waals surface area contributed by atoms with E-state index in [0.717, 1.165) is 17.0 Å². The predicted molar refractivity (Wildman–Crippen MR) is 79.7 cm³/mol. The molecule has 1 saturated carbocycles. The van der Waals surface area contributed by atoms with Gasteiger partial charge in [0.25, 0.3) is 0 Å². The topological polar surface area (TPSA) is 54.5 Å². The van der Waals surface area contributed by atoms with E-state index in [-0.39, 0.29) is 15.9 Å². The number of anilines is 1. The van der Waals surface area contributed by atoms with Crippen molar-refractivity contribution in [2.75, 3.05) is 4.90 Å². The summed E-state index contributed by atoms with van der Waals surface area (Å²) in [5.74, 6) is -4.23. The van der Waals surface area contributed by atoms with Crippen LogP contribution in [0.25, 0.3) is 0 Å². The first-order valence-corrected chi connectivity index (χ1v) is 7.97. The van der Waals surface area contributed by atoms with E-state index in [9.17, 15) is 27.6 Å². The highest BCUT2D eigenvalue weighted by atomic mass is 79.9. The predicted octanol–water partition coefficient (Wildman–Crippen LogP) is 2.96. The van der Waals surface area contributed by atoms with Crippen LogP contribution < -0.4 is 4.90 Å². The van der Waals surface area contributed by atoms with E-state index in [1.54, 1.807) is 12.2 Å². The molecule has 1 aromatic rings. The molecule has 4 nitrogen and oxygen atoms in total. The van der Waals surface area contributed by atoms with Gasteiger partial charge in [-0.25, -0.2) is 4.90 Å². The fraction of sp³-hybridized carbons (Fsp3) is 0.312. The lowest BCUT2D eigenvalue weighted by Crippen LogP contribution is -2.34. The Kier molecular flexibility index (Phi) is 3.10. The van der Waals surface area contributed by atoms with E-state index < -0.39 is 47.2 Å². The molecule has 1 saturated heterocycles. The Morgan fingerprint density at radius 2 is 1.50 bits per heavy atom. The Balaban J connectivity index is 1.76. The van der Waals surface area contributed by atoms with Gasteiger partial charge in [0.05, 0.1) is 23.1 Å². The molecule has 0 spiro atoms. The summed E-state index contributed by atoms with van der Waals surface area (Å²) in [5.41, 5.74) is -1.09. The summed E-state index contributed by atoms with van der Waals surface area (Å²) in [6, 6.07) is 3.22. The van der Waals surface area contributed by atoms with Gasteiger partial charge in [-0.05, 0) is 18.2 Å². The third kappa shape index (κ3) is 1.89. The Morgan fingerprint density at radius 1 is 0.958 bits per heavy atom. The molecule has 8 heteroatoms. The number of Topliss-reactive ketones (excluding diaryl/α,β-unsaturated/α-hetero) is 1. The van der Waals surface area contributed by atoms with Crippen LogP contribution in [0.2, 0.25) is 0 Å². The van der Waals surface area contributed by atoms with Crippen molar-refractivity contribution in [3.8, 4) is 0 Å². The third-order valence-electron chi connectivity index (χ3n) is 4.87. The second kappa shape index (κ2) is 4.78. The van der Waals surface area contributed by atoms with Crippen LogP contribution in [0.15, 0.2) is 34.8 Å². The van der Waals surface area contributed by atoms with Gasteiger partial charge in [-0.2, -0.15) is 13.2 Å². The molecule has 2 amide bonds. The molecule has 4 atom stereocenters. The normalized spacial score (nSPS) is 31.3. The maximum absolute atomic E-state index is 13.1. The number of halogens is 4. The minimum atomic E-state index is -4.62. The SMILES string of the molecule is O=C1[C@H]2C=C[C@@H]1[C@@H]1C(=O)N(c3ccc(Br)c(C(F)(F)F)c3)C(=O)[C@@H]12. The standard InChI is InChI=1S/C16H9BrF3NO3/c17-10-4-1-6(5-9(10)16(18,19)20)21-14(23)11-7-2-3-8(13(7)22)12(11)15(21)24/h1-5,7-8,11-12H/t7-,8+,11+,12-. The lowest BCUT2D eigenvalue weighted by Gasteiger charge is -2.19. The van der Waals surface area contributed by atoms with Gasteiger partial charge in [0.15, 0.2) is 0 Å². The summed E-state index contributed by atoms with van der Waals surface area (Å²) in [4.78, 5) is 38.0. The van der Waals surface area contributed by atoms with E-state index >= 15 is 0 Å². The summed E-state index contributed by atoms with van der Waals surface area (Å²) in [5, 5.41) is 0. The summed E-state index contributed by atoms with van der Waals surface area (Å²) in [6.45, 7) is 0. The van der Waals surface area contributed by atoms with Crippen molar-refractivity contribution in [3.63, 3.8) is 0 Å². The van der Waals surface area contributed by atoms with Gasteiger partial charge in [0.1, 0.15) is 5.78 Å². The molecule has 4 rings (SSSR count). The number of hydrogen-bond donors (Lipinski definition) is 0. The van der Waals surface area contributed by atoms with Crippen molar-refractivity contribution in [1.82, 2.24) is 0 Å². The number of carbonyl (C=O) groups excluding carboxylic acids is 3. The van der Waals surface area contributed by atoms with Crippen LogP contribution in [0.3, 0.4) is 0 Å². The van der Waals surface area contributed by atoms with Gasteiger partial charge in [-0.15, -0.1) is 0 Å². The molecule has 1 aromatic carbocycles. The molecular weight excluding hydrogens is 391 g/mol. The van der Waals surface area contributed by atoms with Gasteiger partial charge in [-0.1, -0.05) is 28.1 Å². The molecule has 0 N–H and O–H groups in total. The van der Waals surface area contributed by atoms with Crippen LogP contribution in [0.4, 0.5) is 18.9 Å². The van der Waals surface area contributed by atoms with Crippen LogP contribution >= 0.6 is 15.9 Å². The minimum absolute atomic E-state index is 0.123. The number of alkyl halides is 3. The highest BCUT2D eigenvalue weighted by Gasteiger charge is 2.63. The lowest BCUT2D eigenvalue weighted by atomic mass is 9.85. The van der Waals surface area contributed by atoms with Crippen LogP contribution in [0.5, 0.6) is 0 Å². The number of amides is 2. The first kappa shape index (κ1) is 15.6. The minimum Gasteiger partial charge on any atom is -0.298 e. The van der Waals surface area contributed by atoms with Crippen molar-refractivity contribution in [2.45, 2.75) is 6.18 Å². The molecule has 0 radical (unpaired) electrons. The zero-order valence-electron chi connectivity index (χ0n) is 11.9. The van der Waals surface area contributed by atoms with Crippen molar-refractivity contribution in [3.05, 3.63) is 40.4 Å². The van der Waals surface area contributed by atoms with Crippen LogP contribution in [0, 0.1) is 23.7 Å². The quantitative estimate of drug-likeness (QED) is 0.538. The first-order valence-electron chi connectivity index (χ1n) is 7.18. The fourth-order valence-corrected chi connectivity index (χ4v) is 4.31. The summed E-state index contributed by atoms with van der Waals surface area (Å²) >= 11 is 2.83. The molecule has 1 heterocycles. The molecule has 2 bridgehead atoms. The Labute approximate surface area is 142 Å². The molecule has 3 aliphatic rings. The summed E-state index contributed by atoms with van der Waals surface area (Å²) in [7, 11) is 0. The highest BCUT2D eigenvalue weighted by Crippen LogP contribution is 2.51. The summed E-state index contributed by atoms with van der Waals surface area (Å²) in [6.07, 6.45) is -1.38. The van der Waals surface area contributed by atoms with E-state index in [4.69, 9.17) is 0 Å². The fourth-order valence-electron chi connectivity index (χ4n) is 3.84. The molecule has 1 aliphatic heterocycles. The number of allylic oxidation sites excluding steroid dienone is 2. The van der Waals surface area contributed by atoms with Crippen LogP contribution in [-0.4, -0.2) is 17.6 Å². The maximum Gasteiger partial charge on any atom is 0.417 e.